The van der Waals surface area contributed by atoms with Gasteiger partial charge in [0.05, 0.1) is 37.7 Å². The van der Waals surface area contributed by atoms with Gasteiger partial charge in [0.15, 0.2) is 0 Å². The van der Waals surface area contributed by atoms with Gasteiger partial charge < -0.3 is 24.4 Å². The van der Waals surface area contributed by atoms with Crippen LogP contribution < -0.4 is 10.0 Å². The lowest BCUT2D eigenvalue weighted by molar-refractivity contribution is -0.926. The highest BCUT2D eigenvalue weighted by Gasteiger charge is 2.66. The summed E-state index contributed by atoms with van der Waals surface area (Å²) in [5, 5.41) is 11.5. The Balaban J connectivity index is 1.52. The van der Waals surface area contributed by atoms with Crippen molar-refractivity contribution in [1.29, 1.82) is 0 Å². The molecule has 6 nitrogen and oxygen atoms in total. The molecule has 3 fully saturated rings. The van der Waals surface area contributed by atoms with E-state index in [0.717, 1.165) is 25.9 Å². The third kappa shape index (κ3) is 2.08. The van der Waals surface area contributed by atoms with E-state index in [2.05, 4.69) is 13.8 Å². The predicted octanol–water partition coefficient (Wildman–Crippen LogP) is -2.03. The van der Waals surface area contributed by atoms with Crippen LogP contribution in [-0.4, -0.2) is 60.2 Å². The molecule has 1 N–H and O–H groups in total. The molecule has 126 valence electrons. The maximum atomic E-state index is 12.9. The molecule has 0 unspecified atom stereocenters. The molecule has 0 aliphatic carbocycles. The fraction of sp³-hybridized carbons (Fsp3) is 0.765. The van der Waals surface area contributed by atoms with Gasteiger partial charge in [-0.15, -0.1) is 0 Å². The zero-order valence-corrected chi connectivity index (χ0v) is 13.7. The molecule has 0 aromatic rings. The average molecular weight is 320 g/mol. The van der Waals surface area contributed by atoms with E-state index in [1.165, 1.54) is 0 Å². The Bertz CT molecular complexity index is 567. The molecule has 4 rings (SSSR count). The second-order valence-corrected chi connectivity index (χ2v) is 7.73. The number of carbonyl (C=O) groups is 2. The van der Waals surface area contributed by atoms with E-state index in [9.17, 15) is 14.7 Å². The van der Waals surface area contributed by atoms with Gasteiger partial charge in [-0.25, -0.2) is 0 Å². The Morgan fingerprint density at radius 1 is 1.43 bits per heavy atom. The number of aliphatic carboxylic acids is 1. The Labute approximate surface area is 136 Å². The van der Waals surface area contributed by atoms with Crippen LogP contribution in [0.5, 0.6) is 0 Å². The number of piperidine rings is 1. The maximum absolute atomic E-state index is 12.9. The Morgan fingerprint density at radius 2 is 2.13 bits per heavy atom. The summed E-state index contributed by atoms with van der Waals surface area (Å²) in [6.45, 7) is 7.07. The van der Waals surface area contributed by atoms with Gasteiger partial charge in [-0.3, -0.25) is 4.79 Å². The van der Waals surface area contributed by atoms with Crippen LogP contribution in [0.2, 0.25) is 0 Å². The molecular formula is C17H24N2O4. The van der Waals surface area contributed by atoms with Gasteiger partial charge in [-0.1, -0.05) is 12.2 Å². The molecule has 23 heavy (non-hydrogen) atoms. The second kappa shape index (κ2) is 5.05. The first-order chi connectivity index (χ1) is 10.9. The standard InChI is InChI=1S/C17H24N2O4/c1-10(2)18-7-4-11(5-8-18)19-9-17-6-3-12(23-17)13(16(21)22)14(17)15(19)20/h3,6,10-14H,4-5,7-9H2,1-2H3,(H,21,22)/t12-,13-,14+,17+/m0/s1. The number of nitrogens with zero attached hydrogens (tertiary/aromatic N) is 1. The summed E-state index contributed by atoms with van der Waals surface area (Å²) in [7, 11) is 0. The van der Waals surface area contributed by atoms with Crippen molar-refractivity contribution in [3.05, 3.63) is 12.2 Å². The number of ether oxygens (including phenoxy) is 1. The van der Waals surface area contributed by atoms with Crippen molar-refractivity contribution < 1.29 is 24.3 Å². The van der Waals surface area contributed by atoms with Gasteiger partial charge in [0, 0.05) is 30.8 Å². The zero-order valence-electron chi connectivity index (χ0n) is 13.7. The number of carboxylic acids is 1. The average Bonchev–Trinajstić information content (AvgIpc) is 3.15. The molecule has 0 radical (unpaired) electrons. The lowest BCUT2D eigenvalue weighted by Gasteiger charge is -2.37. The van der Waals surface area contributed by atoms with Crippen LogP contribution in [0, 0.1) is 11.8 Å². The van der Waals surface area contributed by atoms with Crippen LogP contribution in [0.4, 0.5) is 0 Å². The number of carbonyl (C=O) groups excluding carboxylic acids is 2. The molecule has 4 aliphatic rings. The van der Waals surface area contributed by atoms with Crippen molar-refractivity contribution >= 4 is 11.9 Å². The summed E-state index contributed by atoms with van der Waals surface area (Å²) >= 11 is 0. The van der Waals surface area contributed by atoms with E-state index in [1.807, 2.05) is 11.0 Å². The van der Waals surface area contributed by atoms with E-state index < -0.39 is 29.5 Å². The third-order valence-corrected chi connectivity index (χ3v) is 6.26. The largest absolute Gasteiger partial charge is 0.550 e. The monoisotopic (exact) mass is 320 g/mol. The zero-order chi connectivity index (χ0) is 16.4. The number of fused-ring (bicyclic) bond motifs is 1. The minimum Gasteiger partial charge on any atom is -0.550 e. The molecule has 0 aromatic heterocycles. The van der Waals surface area contributed by atoms with Crippen molar-refractivity contribution in [2.45, 2.75) is 50.5 Å². The molecule has 3 saturated heterocycles. The molecule has 1 amide bonds. The van der Waals surface area contributed by atoms with Crippen LogP contribution in [0.25, 0.3) is 0 Å². The van der Waals surface area contributed by atoms with Crippen molar-refractivity contribution in [3.8, 4) is 0 Å². The lowest BCUT2D eigenvalue weighted by Crippen LogP contribution is -3.16. The van der Waals surface area contributed by atoms with Gasteiger partial charge in [-0.05, 0) is 13.8 Å². The van der Waals surface area contributed by atoms with Crippen molar-refractivity contribution in [1.82, 2.24) is 4.90 Å². The molecule has 4 heterocycles. The van der Waals surface area contributed by atoms with Gasteiger partial charge in [-0.2, -0.15) is 0 Å². The summed E-state index contributed by atoms with van der Waals surface area (Å²) < 4.78 is 5.91. The minimum absolute atomic E-state index is 0.0518. The fourth-order valence-corrected chi connectivity index (χ4v) is 4.97. The number of rotatable bonds is 3. The van der Waals surface area contributed by atoms with E-state index in [0.29, 0.717) is 12.6 Å². The van der Waals surface area contributed by atoms with Gasteiger partial charge in [0.1, 0.15) is 5.60 Å². The van der Waals surface area contributed by atoms with Gasteiger partial charge in [0.2, 0.25) is 5.91 Å². The first kappa shape index (κ1) is 15.1. The summed E-state index contributed by atoms with van der Waals surface area (Å²) in [6.07, 6.45) is 5.16. The molecule has 4 aliphatic heterocycles. The SMILES string of the molecule is CC(C)[NH+]1CCC(N2C[C@@]34C=C[C@H](O3)[C@H](C(=O)[O-])[C@@H]4C2=O)CC1. The quantitative estimate of drug-likeness (QED) is 0.609. The highest BCUT2D eigenvalue weighted by Crippen LogP contribution is 2.52. The Kier molecular flexibility index (Phi) is 3.32. The summed E-state index contributed by atoms with van der Waals surface area (Å²) in [5.74, 6) is -2.65. The van der Waals surface area contributed by atoms with Crippen LogP contribution in [-0.2, 0) is 14.3 Å². The van der Waals surface area contributed by atoms with Crippen LogP contribution in [0.1, 0.15) is 26.7 Å². The predicted molar refractivity (Wildman–Crippen MR) is 79.3 cm³/mol. The van der Waals surface area contributed by atoms with Crippen LogP contribution in [0.15, 0.2) is 12.2 Å². The minimum atomic E-state index is -1.17. The fourth-order valence-electron chi connectivity index (χ4n) is 4.97. The van der Waals surface area contributed by atoms with E-state index in [4.69, 9.17) is 4.74 Å². The number of carboxylic acid groups (broad SMARTS) is 1. The second-order valence-electron chi connectivity index (χ2n) is 7.73. The van der Waals surface area contributed by atoms with Gasteiger partial charge >= 0.3 is 0 Å². The molecular weight excluding hydrogens is 296 g/mol. The van der Waals surface area contributed by atoms with E-state index in [-0.39, 0.29) is 11.9 Å². The number of hydrogen-bond acceptors (Lipinski definition) is 4. The molecule has 4 atom stereocenters. The van der Waals surface area contributed by atoms with Crippen molar-refractivity contribution in [3.63, 3.8) is 0 Å². The van der Waals surface area contributed by atoms with Crippen molar-refractivity contribution in [2.24, 2.45) is 11.8 Å². The van der Waals surface area contributed by atoms with Crippen molar-refractivity contribution in [2.75, 3.05) is 19.6 Å². The summed E-state index contributed by atoms with van der Waals surface area (Å²) in [4.78, 5) is 27.9. The van der Waals surface area contributed by atoms with E-state index >= 15 is 0 Å². The smallest absolute Gasteiger partial charge is 0.230 e. The summed E-state index contributed by atoms with van der Waals surface area (Å²) in [5.41, 5.74) is -0.728. The number of nitrogens with one attached hydrogen (secondary N) is 1. The number of amides is 1. The third-order valence-electron chi connectivity index (χ3n) is 6.26. The molecule has 2 bridgehead atoms. The molecule has 6 heteroatoms. The normalized spacial score (nSPS) is 45.1. The lowest BCUT2D eigenvalue weighted by atomic mass is 9.77. The maximum Gasteiger partial charge on any atom is 0.230 e. The van der Waals surface area contributed by atoms with Crippen LogP contribution >= 0.6 is 0 Å². The summed E-state index contributed by atoms with van der Waals surface area (Å²) in [6, 6.07) is 0.816. The highest BCUT2D eigenvalue weighted by atomic mass is 16.5. The number of quaternary nitrogens is 1. The highest BCUT2D eigenvalue weighted by molar-refractivity contribution is 5.90. The topological polar surface area (TPSA) is 74.1 Å². The number of likely N-dealkylation sites (tertiary alicyclic amines) is 2. The molecule has 0 saturated carbocycles. The first-order valence-electron chi connectivity index (χ1n) is 8.66. The first-order valence-corrected chi connectivity index (χ1v) is 8.66. The Morgan fingerprint density at radius 3 is 2.74 bits per heavy atom. The number of hydrogen-bond donors (Lipinski definition) is 1. The molecule has 0 aromatic carbocycles. The van der Waals surface area contributed by atoms with Crippen LogP contribution in [0.3, 0.4) is 0 Å². The van der Waals surface area contributed by atoms with E-state index in [1.54, 1.807) is 11.0 Å². The molecule has 1 spiro atoms. The Hall–Kier alpha value is -1.40. The van der Waals surface area contributed by atoms with Gasteiger partial charge in [0.25, 0.3) is 0 Å².